The van der Waals surface area contributed by atoms with E-state index in [4.69, 9.17) is 19.4 Å². The number of aromatic nitrogens is 4. The highest BCUT2D eigenvalue weighted by atomic mass is 16.6. The van der Waals surface area contributed by atoms with E-state index >= 15 is 0 Å². The van der Waals surface area contributed by atoms with E-state index in [2.05, 4.69) is 9.97 Å². The summed E-state index contributed by atoms with van der Waals surface area (Å²) in [7, 11) is 0. The molecule has 14 heteroatoms. The SMILES string of the molecule is OC[C@H]1O[C@@H](c2cccc(-c3c4nc(c(-c5ccccc5)c5ccc([nH]5)c(-c5cccc([C@@H]6O[C@H](CO)[C@@H](O)[C@H](O)[C@H]6O)c5)c5nc(c(-c6ccccc6)c6ccc3[nH]6)C=C5)C=C4)c2)[C@H](O)[C@@H](O)[C@@H]1O. The zero-order valence-electron chi connectivity index (χ0n) is 37.5. The van der Waals surface area contributed by atoms with Gasteiger partial charge < -0.3 is 60.3 Å². The first-order chi connectivity index (χ1) is 34.1. The maximum absolute atomic E-state index is 11.2. The molecule has 0 amide bonds. The zero-order valence-corrected chi connectivity index (χ0v) is 37.5. The van der Waals surface area contributed by atoms with Gasteiger partial charge in [0, 0.05) is 44.3 Å². The van der Waals surface area contributed by atoms with Crippen molar-refractivity contribution in [1.82, 2.24) is 19.9 Å². The van der Waals surface area contributed by atoms with Crippen LogP contribution in [0.1, 0.15) is 46.1 Å². The molecule has 7 heterocycles. The summed E-state index contributed by atoms with van der Waals surface area (Å²) in [5.74, 6) is 0. The maximum atomic E-state index is 11.2. The van der Waals surface area contributed by atoms with Gasteiger partial charge in [-0.2, -0.15) is 0 Å². The Morgan fingerprint density at radius 1 is 0.371 bits per heavy atom. The summed E-state index contributed by atoms with van der Waals surface area (Å²) >= 11 is 0. The van der Waals surface area contributed by atoms with Gasteiger partial charge in [-0.15, -0.1) is 0 Å². The van der Waals surface area contributed by atoms with Crippen LogP contribution in [0, 0.1) is 0 Å². The molecule has 11 rings (SSSR count). The molecular formula is C56H50N4O10. The zero-order chi connectivity index (χ0) is 48.2. The number of hydrogen-bond acceptors (Lipinski definition) is 12. The predicted octanol–water partition coefficient (Wildman–Crippen LogP) is 6.35. The van der Waals surface area contributed by atoms with Gasteiger partial charge in [0.05, 0.1) is 36.0 Å². The number of ether oxygens (including phenoxy) is 2. The molecule has 0 spiro atoms. The van der Waals surface area contributed by atoms with Gasteiger partial charge >= 0.3 is 0 Å². The first kappa shape index (κ1) is 45.5. The molecule has 4 aliphatic rings. The van der Waals surface area contributed by atoms with Gasteiger partial charge in [0.1, 0.15) is 61.0 Å². The van der Waals surface area contributed by atoms with Crippen LogP contribution in [-0.4, -0.2) is 123 Å². The van der Waals surface area contributed by atoms with E-state index in [1.165, 1.54) is 0 Å². The predicted molar refractivity (Wildman–Crippen MR) is 266 cm³/mol. The average molecular weight is 939 g/mol. The van der Waals surface area contributed by atoms with Gasteiger partial charge in [0.15, 0.2) is 0 Å². The highest BCUT2D eigenvalue weighted by molar-refractivity contribution is 5.99. The van der Waals surface area contributed by atoms with Crippen LogP contribution in [0.3, 0.4) is 0 Å². The summed E-state index contributed by atoms with van der Waals surface area (Å²) in [5.41, 5.74) is 13.0. The minimum absolute atomic E-state index is 0.527. The van der Waals surface area contributed by atoms with Crippen molar-refractivity contribution in [3.05, 3.63) is 167 Å². The largest absolute Gasteiger partial charge is 0.394 e. The van der Waals surface area contributed by atoms with Crippen LogP contribution in [0.15, 0.2) is 133 Å². The third kappa shape index (κ3) is 8.09. The Bertz CT molecular complexity index is 3090. The number of nitrogens with one attached hydrogen (secondary N) is 2. The standard InChI is InChI=1S/C56H50N4O10/c61-27-43-49(63)51(65)53(67)55(69-43)33-15-7-13-31(25-33)47-39-21-17-35(57-39)45(29-9-3-1-4-10-29)36-18-22-40(58-36)48(32-14-8-16-34(26-32)56-54(68)52(66)50(64)44(28-62)70-56)42-24-20-38(60-42)46(30-11-5-2-6-12-30)37-19-23-41(47)59-37/h1-26,43-44,49-57,60-68H,27-28H2/t43-,44-,49-,50-,51+,52+,53-,54-,55+,56+/m1/s1. The van der Waals surface area contributed by atoms with Crippen LogP contribution in [0.5, 0.6) is 0 Å². The molecule has 14 nitrogen and oxygen atoms in total. The van der Waals surface area contributed by atoms with E-state index in [1.54, 1.807) is 12.1 Å². The van der Waals surface area contributed by atoms with Crippen LogP contribution >= 0.6 is 0 Å². The number of nitrogens with zero attached hydrogens (tertiary/aromatic N) is 2. The monoisotopic (exact) mass is 938 g/mol. The lowest BCUT2D eigenvalue weighted by atomic mass is 9.90. The van der Waals surface area contributed by atoms with Crippen molar-refractivity contribution >= 4 is 46.4 Å². The van der Waals surface area contributed by atoms with Crippen LogP contribution in [0.4, 0.5) is 0 Å². The Morgan fingerprint density at radius 3 is 1.04 bits per heavy atom. The summed E-state index contributed by atoms with van der Waals surface area (Å²) in [6, 6.07) is 42.7. The summed E-state index contributed by atoms with van der Waals surface area (Å²) in [6.45, 7) is -1.10. The van der Waals surface area contributed by atoms with Crippen LogP contribution < -0.4 is 0 Å². The molecule has 0 saturated carbocycles. The molecular weight excluding hydrogens is 889 g/mol. The third-order valence-electron chi connectivity index (χ3n) is 13.7. The number of benzene rings is 4. The molecule has 8 bridgehead atoms. The van der Waals surface area contributed by atoms with E-state index in [0.29, 0.717) is 33.9 Å². The average Bonchev–Trinajstić information content (AvgIpc) is 4.25. The number of aliphatic hydroxyl groups is 8. The first-order valence-corrected chi connectivity index (χ1v) is 23.2. The Hall–Kier alpha value is -6.92. The van der Waals surface area contributed by atoms with Crippen molar-refractivity contribution in [3.8, 4) is 44.5 Å². The van der Waals surface area contributed by atoms with E-state index in [0.717, 1.165) is 66.6 Å². The van der Waals surface area contributed by atoms with E-state index in [-0.39, 0.29) is 0 Å². The number of hydrogen-bond donors (Lipinski definition) is 10. The second kappa shape index (κ2) is 18.8. The van der Waals surface area contributed by atoms with Crippen molar-refractivity contribution < 1.29 is 50.3 Å². The third-order valence-corrected chi connectivity index (χ3v) is 13.7. The molecule has 7 aromatic rings. The van der Waals surface area contributed by atoms with Gasteiger partial charge in [-0.25, -0.2) is 9.97 Å². The fourth-order valence-corrected chi connectivity index (χ4v) is 10.1. The maximum Gasteiger partial charge on any atom is 0.113 e. The number of rotatable bonds is 8. The van der Waals surface area contributed by atoms with Gasteiger partial charge in [-0.1, -0.05) is 97.1 Å². The molecule has 10 atom stereocenters. The fourth-order valence-electron chi connectivity index (χ4n) is 10.1. The van der Waals surface area contributed by atoms with E-state index < -0.39 is 74.3 Å². The van der Waals surface area contributed by atoms with Gasteiger partial charge in [-0.3, -0.25) is 0 Å². The number of fused-ring (bicyclic) bond motifs is 8. The quantitative estimate of drug-likeness (QED) is 0.0802. The number of aromatic amines is 2. The number of H-pyrrole nitrogens is 2. The smallest absolute Gasteiger partial charge is 0.113 e. The Labute approximate surface area is 401 Å². The first-order valence-electron chi connectivity index (χ1n) is 23.2. The molecule has 0 aliphatic carbocycles. The van der Waals surface area contributed by atoms with Crippen LogP contribution in [0.2, 0.25) is 0 Å². The molecule has 3 aromatic heterocycles. The molecule has 0 radical (unpaired) electrons. The molecule has 10 N–H and O–H groups in total. The molecule has 2 fully saturated rings. The van der Waals surface area contributed by atoms with E-state index in [1.807, 2.05) is 146 Å². The lowest BCUT2D eigenvalue weighted by Crippen LogP contribution is -2.55. The lowest BCUT2D eigenvalue weighted by molar-refractivity contribution is -0.231. The minimum Gasteiger partial charge on any atom is -0.394 e. The molecule has 354 valence electrons. The second-order valence-electron chi connectivity index (χ2n) is 18.0. The van der Waals surface area contributed by atoms with Gasteiger partial charge in [0.2, 0.25) is 0 Å². The van der Waals surface area contributed by atoms with Gasteiger partial charge in [0.25, 0.3) is 0 Å². The Balaban J connectivity index is 1.19. The van der Waals surface area contributed by atoms with Crippen molar-refractivity contribution in [2.45, 2.75) is 61.0 Å². The molecule has 70 heavy (non-hydrogen) atoms. The summed E-state index contributed by atoms with van der Waals surface area (Å²) in [4.78, 5) is 18.2. The second-order valence-corrected chi connectivity index (χ2v) is 18.0. The minimum atomic E-state index is -1.55. The van der Waals surface area contributed by atoms with Crippen molar-refractivity contribution in [3.63, 3.8) is 0 Å². The normalized spacial score (nSPS) is 25.3. The van der Waals surface area contributed by atoms with Crippen LogP contribution in [0.25, 0.3) is 90.9 Å². The summed E-state index contributed by atoms with van der Waals surface area (Å²) in [5, 5.41) is 85.0. The topological polar surface area (TPSA) is 238 Å². The fraction of sp³-hybridized carbons (Fsp3) is 0.214. The van der Waals surface area contributed by atoms with Crippen molar-refractivity contribution in [1.29, 1.82) is 0 Å². The Morgan fingerprint density at radius 2 is 0.700 bits per heavy atom. The van der Waals surface area contributed by atoms with Crippen molar-refractivity contribution in [2.24, 2.45) is 0 Å². The Kier molecular flexibility index (Phi) is 12.2. The van der Waals surface area contributed by atoms with E-state index in [9.17, 15) is 40.9 Å². The lowest BCUT2D eigenvalue weighted by Gasteiger charge is -2.40. The molecule has 4 aromatic carbocycles. The summed E-state index contributed by atoms with van der Waals surface area (Å²) < 4.78 is 12.0. The van der Waals surface area contributed by atoms with Gasteiger partial charge in [-0.05, 0) is 94.1 Å². The molecule has 0 unspecified atom stereocenters. The van der Waals surface area contributed by atoms with Crippen LogP contribution in [-0.2, 0) is 9.47 Å². The highest BCUT2D eigenvalue weighted by Crippen LogP contribution is 2.41. The summed E-state index contributed by atoms with van der Waals surface area (Å²) in [6.07, 6.45) is -5.45. The molecule has 4 aliphatic heterocycles. The molecule has 2 saturated heterocycles. The highest BCUT2D eigenvalue weighted by Gasteiger charge is 2.45. The number of aliphatic hydroxyl groups excluding tert-OH is 8. The van der Waals surface area contributed by atoms with Crippen molar-refractivity contribution in [2.75, 3.05) is 13.2 Å².